The second-order valence-electron chi connectivity index (χ2n) is 7.02. The minimum absolute atomic E-state index is 0.00459. The van der Waals surface area contributed by atoms with E-state index in [9.17, 15) is 9.18 Å². The third-order valence-electron chi connectivity index (χ3n) is 5.30. The second kappa shape index (κ2) is 8.08. The summed E-state index contributed by atoms with van der Waals surface area (Å²) in [6, 6.07) is 6.49. The Morgan fingerprint density at radius 3 is 2.88 bits per heavy atom. The average Bonchev–Trinajstić information content (AvgIpc) is 3.25. The van der Waals surface area contributed by atoms with E-state index in [0.717, 1.165) is 44.3 Å². The van der Waals surface area contributed by atoms with E-state index in [-0.39, 0.29) is 29.7 Å². The highest BCUT2D eigenvalue weighted by Crippen LogP contribution is 2.33. The topological polar surface area (TPSA) is 55.6 Å². The molecule has 24 heavy (non-hydrogen) atoms. The van der Waals surface area contributed by atoms with Gasteiger partial charge < -0.3 is 15.4 Å². The van der Waals surface area contributed by atoms with Crippen LogP contribution in [0.4, 0.5) is 4.39 Å². The summed E-state index contributed by atoms with van der Waals surface area (Å²) < 4.78 is 19.2. The minimum Gasteiger partial charge on any atom is -0.376 e. The Kier molecular flexibility index (Phi) is 5.85. The first-order valence-electron chi connectivity index (χ1n) is 9.02. The van der Waals surface area contributed by atoms with Crippen molar-refractivity contribution in [2.45, 2.75) is 44.8 Å². The van der Waals surface area contributed by atoms with Crippen LogP contribution >= 0.6 is 0 Å². The van der Waals surface area contributed by atoms with Crippen LogP contribution in [0.2, 0.25) is 0 Å². The van der Waals surface area contributed by atoms with Crippen LogP contribution in [0.3, 0.4) is 0 Å². The van der Waals surface area contributed by atoms with E-state index < -0.39 is 0 Å². The van der Waals surface area contributed by atoms with Gasteiger partial charge in [0.15, 0.2) is 0 Å². The summed E-state index contributed by atoms with van der Waals surface area (Å²) in [7, 11) is 0. The van der Waals surface area contributed by atoms with Crippen molar-refractivity contribution in [2.24, 2.45) is 17.6 Å². The lowest BCUT2D eigenvalue weighted by Crippen LogP contribution is -2.42. The third kappa shape index (κ3) is 4.14. The lowest BCUT2D eigenvalue weighted by atomic mass is 9.94. The molecule has 0 aromatic heterocycles. The molecule has 0 radical (unpaired) electrons. The molecule has 2 N–H and O–H groups in total. The smallest absolute Gasteiger partial charge is 0.226 e. The Hall–Kier alpha value is -1.46. The largest absolute Gasteiger partial charge is 0.376 e. The van der Waals surface area contributed by atoms with Crippen molar-refractivity contribution >= 4 is 5.91 Å². The van der Waals surface area contributed by atoms with Gasteiger partial charge in [-0.25, -0.2) is 4.39 Å². The number of amides is 1. The molecule has 1 saturated carbocycles. The first-order valence-corrected chi connectivity index (χ1v) is 9.02. The normalized spacial score (nSPS) is 26.7. The second-order valence-corrected chi connectivity index (χ2v) is 7.02. The fourth-order valence-electron chi connectivity index (χ4n) is 4.00. The fourth-order valence-corrected chi connectivity index (χ4v) is 4.00. The fraction of sp³-hybridized carbons (Fsp3) is 0.632. The number of hydrogen-bond acceptors (Lipinski definition) is 3. The zero-order chi connectivity index (χ0) is 16.9. The molecule has 1 aromatic carbocycles. The summed E-state index contributed by atoms with van der Waals surface area (Å²) in [5.41, 5.74) is 6.68. The average molecular weight is 334 g/mol. The molecule has 1 amide bonds. The Labute approximate surface area is 143 Å². The van der Waals surface area contributed by atoms with E-state index in [1.165, 1.54) is 12.1 Å². The molecular formula is C19H27FN2O2. The van der Waals surface area contributed by atoms with E-state index in [4.69, 9.17) is 10.5 Å². The molecule has 1 aromatic rings. The Morgan fingerprint density at radius 2 is 2.17 bits per heavy atom. The highest BCUT2D eigenvalue weighted by Gasteiger charge is 2.35. The number of hydrogen-bond donors (Lipinski definition) is 1. The molecule has 3 atom stereocenters. The van der Waals surface area contributed by atoms with Gasteiger partial charge in [-0.15, -0.1) is 0 Å². The predicted octanol–water partition coefficient (Wildman–Crippen LogP) is 2.71. The summed E-state index contributed by atoms with van der Waals surface area (Å²) in [6.45, 7) is 2.35. The van der Waals surface area contributed by atoms with E-state index >= 15 is 0 Å². The SMILES string of the molecule is NC[C@H]1CCC[C@H]1C(=O)N(Cc1cccc(F)c1)CC1CCCO1. The molecular weight excluding hydrogens is 307 g/mol. The molecule has 1 aliphatic carbocycles. The van der Waals surface area contributed by atoms with Gasteiger partial charge >= 0.3 is 0 Å². The van der Waals surface area contributed by atoms with Gasteiger partial charge in [0.1, 0.15) is 5.82 Å². The Bertz CT molecular complexity index is 560. The van der Waals surface area contributed by atoms with Gasteiger partial charge in [-0.1, -0.05) is 18.6 Å². The molecule has 1 saturated heterocycles. The molecule has 2 fully saturated rings. The van der Waals surface area contributed by atoms with E-state index in [1.807, 2.05) is 11.0 Å². The number of nitrogens with two attached hydrogens (primary N) is 1. The van der Waals surface area contributed by atoms with Crippen LogP contribution in [-0.2, 0) is 16.1 Å². The zero-order valence-corrected chi connectivity index (χ0v) is 14.1. The lowest BCUT2D eigenvalue weighted by Gasteiger charge is -2.30. The van der Waals surface area contributed by atoms with Crippen LogP contribution in [0, 0.1) is 17.7 Å². The van der Waals surface area contributed by atoms with Crippen LogP contribution in [0.5, 0.6) is 0 Å². The van der Waals surface area contributed by atoms with Gasteiger partial charge in [-0.2, -0.15) is 0 Å². The Balaban J connectivity index is 1.74. The van der Waals surface area contributed by atoms with Crippen molar-refractivity contribution in [2.75, 3.05) is 19.7 Å². The van der Waals surface area contributed by atoms with Crippen molar-refractivity contribution in [1.82, 2.24) is 4.90 Å². The number of ether oxygens (including phenoxy) is 1. The Morgan fingerprint density at radius 1 is 1.29 bits per heavy atom. The quantitative estimate of drug-likeness (QED) is 0.870. The van der Waals surface area contributed by atoms with Gasteiger partial charge in [0.2, 0.25) is 5.91 Å². The number of benzene rings is 1. The minimum atomic E-state index is -0.266. The molecule has 4 nitrogen and oxygen atoms in total. The molecule has 1 aliphatic heterocycles. The summed E-state index contributed by atoms with van der Waals surface area (Å²) in [5.74, 6) is 0.169. The first-order chi connectivity index (χ1) is 11.7. The number of halogens is 1. The van der Waals surface area contributed by atoms with E-state index in [1.54, 1.807) is 6.07 Å². The molecule has 3 rings (SSSR count). The van der Waals surface area contributed by atoms with Gasteiger partial charge in [0.25, 0.3) is 0 Å². The maximum Gasteiger partial charge on any atom is 0.226 e. The van der Waals surface area contributed by atoms with Crippen LogP contribution in [-0.4, -0.2) is 36.6 Å². The van der Waals surface area contributed by atoms with E-state index in [2.05, 4.69) is 0 Å². The summed E-state index contributed by atoms with van der Waals surface area (Å²) in [4.78, 5) is 15.0. The summed E-state index contributed by atoms with van der Waals surface area (Å²) >= 11 is 0. The maximum absolute atomic E-state index is 13.5. The van der Waals surface area contributed by atoms with Gasteiger partial charge in [-0.05, 0) is 55.8 Å². The van der Waals surface area contributed by atoms with Crippen LogP contribution in [0.1, 0.15) is 37.7 Å². The van der Waals surface area contributed by atoms with Crippen molar-refractivity contribution in [3.63, 3.8) is 0 Å². The van der Waals surface area contributed by atoms with Crippen LogP contribution < -0.4 is 5.73 Å². The first kappa shape index (κ1) is 17.4. The highest BCUT2D eigenvalue weighted by molar-refractivity contribution is 5.79. The summed E-state index contributed by atoms with van der Waals surface area (Å²) in [5, 5.41) is 0. The third-order valence-corrected chi connectivity index (χ3v) is 5.30. The van der Waals surface area contributed by atoms with Gasteiger partial charge in [0, 0.05) is 25.6 Å². The molecule has 2 aliphatic rings. The highest BCUT2D eigenvalue weighted by atomic mass is 19.1. The van der Waals surface area contributed by atoms with Crippen molar-refractivity contribution in [3.8, 4) is 0 Å². The molecule has 1 unspecified atom stereocenters. The summed E-state index contributed by atoms with van der Waals surface area (Å²) in [6.07, 6.45) is 5.12. The standard InChI is InChI=1S/C19H27FN2O2/c20-16-6-1-4-14(10-16)12-22(13-17-7-3-9-24-17)19(23)18-8-2-5-15(18)11-21/h1,4,6,10,15,17-18H,2-3,5,7-9,11-13,21H2/t15-,17?,18-/m1/s1. The van der Waals surface area contributed by atoms with Gasteiger partial charge in [-0.3, -0.25) is 4.79 Å². The van der Waals surface area contributed by atoms with Crippen LogP contribution in [0.15, 0.2) is 24.3 Å². The van der Waals surface area contributed by atoms with Crippen LogP contribution in [0.25, 0.3) is 0 Å². The number of nitrogens with zero attached hydrogens (tertiary/aromatic N) is 1. The van der Waals surface area contributed by atoms with E-state index in [0.29, 0.717) is 19.6 Å². The molecule has 1 heterocycles. The zero-order valence-electron chi connectivity index (χ0n) is 14.1. The van der Waals surface area contributed by atoms with Crippen molar-refractivity contribution in [1.29, 1.82) is 0 Å². The maximum atomic E-state index is 13.5. The number of carbonyl (C=O) groups excluding carboxylic acids is 1. The van der Waals surface area contributed by atoms with Crippen molar-refractivity contribution < 1.29 is 13.9 Å². The molecule has 132 valence electrons. The molecule has 0 spiro atoms. The monoisotopic (exact) mass is 334 g/mol. The number of carbonyl (C=O) groups is 1. The van der Waals surface area contributed by atoms with Gasteiger partial charge in [0.05, 0.1) is 6.10 Å². The molecule has 0 bridgehead atoms. The molecule has 5 heteroatoms. The predicted molar refractivity (Wildman–Crippen MR) is 90.7 cm³/mol. The number of rotatable bonds is 6. The van der Waals surface area contributed by atoms with Crippen molar-refractivity contribution in [3.05, 3.63) is 35.6 Å². The lowest BCUT2D eigenvalue weighted by molar-refractivity contribution is -0.138.